The van der Waals surface area contributed by atoms with E-state index in [4.69, 9.17) is 15.2 Å². The highest BCUT2D eigenvalue weighted by Crippen LogP contribution is 2.19. The van der Waals surface area contributed by atoms with Gasteiger partial charge in [0.05, 0.1) is 7.11 Å². The highest BCUT2D eigenvalue weighted by atomic mass is 16.6. The molecule has 3 N–H and O–H groups in total. The molecule has 0 radical (unpaired) electrons. The Morgan fingerprint density at radius 2 is 2.26 bits per heavy atom. The zero-order valence-electron chi connectivity index (χ0n) is 12.1. The van der Waals surface area contributed by atoms with E-state index in [1.54, 1.807) is 7.11 Å². The number of ether oxygens (including phenoxy) is 2. The molecule has 0 aromatic rings. The Bertz CT molecular complexity index is 369. The van der Waals surface area contributed by atoms with Crippen LogP contribution in [0.1, 0.15) is 27.2 Å². The minimum Gasteiger partial charge on any atom is -0.497 e. The van der Waals surface area contributed by atoms with Crippen molar-refractivity contribution in [3.8, 4) is 0 Å². The van der Waals surface area contributed by atoms with Crippen LogP contribution in [0.5, 0.6) is 0 Å². The quantitative estimate of drug-likeness (QED) is 0.817. The van der Waals surface area contributed by atoms with Crippen molar-refractivity contribution in [2.45, 2.75) is 38.8 Å². The van der Waals surface area contributed by atoms with E-state index >= 15 is 0 Å². The second-order valence-corrected chi connectivity index (χ2v) is 5.62. The molecule has 1 rings (SSSR count). The van der Waals surface area contributed by atoms with Crippen LogP contribution in [0.15, 0.2) is 24.0 Å². The van der Waals surface area contributed by atoms with Crippen LogP contribution in [-0.4, -0.2) is 31.4 Å². The Hall–Kier alpha value is -1.49. The number of methoxy groups -OCH3 is 1. The number of nitrogens with two attached hydrogens (primary N) is 1. The Morgan fingerprint density at radius 1 is 1.58 bits per heavy atom. The van der Waals surface area contributed by atoms with Crippen molar-refractivity contribution in [3.05, 3.63) is 24.0 Å². The number of allylic oxidation sites excluding steroid dienone is 2. The van der Waals surface area contributed by atoms with Gasteiger partial charge in [-0.1, -0.05) is 6.08 Å². The lowest BCUT2D eigenvalue weighted by atomic mass is 9.92. The van der Waals surface area contributed by atoms with Crippen LogP contribution in [0.25, 0.3) is 0 Å². The van der Waals surface area contributed by atoms with Gasteiger partial charge >= 0.3 is 6.09 Å². The van der Waals surface area contributed by atoms with Crippen LogP contribution in [0.3, 0.4) is 0 Å². The number of rotatable bonds is 4. The third-order valence-electron chi connectivity index (χ3n) is 2.74. The predicted octanol–water partition coefficient (Wildman–Crippen LogP) is 1.94. The monoisotopic (exact) mass is 268 g/mol. The minimum absolute atomic E-state index is 0.162. The van der Waals surface area contributed by atoms with Crippen molar-refractivity contribution in [1.82, 2.24) is 5.32 Å². The van der Waals surface area contributed by atoms with Crippen molar-refractivity contribution < 1.29 is 14.3 Å². The van der Waals surface area contributed by atoms with Gasteiger partial charge in [-0.3, -0.25) is 0 Å². The molecule has 108 valence electrons. The summed E-state index contributed by atoms with van der Waals surface area (Å²) in [5, 5.41) is 2.69. The van der Waals surface area contributed by atoms with E-state index < -0.39 is 11.7 Å². The van der Waals surface area contributed by atoms with Gasteiger partial charge in [0, 0.05) is 18.5 Å². The molecule has 5 heteroatoms. The predicted molar refractivity (Wildman–Crippen MR) is 74.6 cm³/mol. The summed E-state index contributed by atoms with van der Waals surface area (Å²) in [4.78, 5) is 11.5. The maximum atomic E-state index is 11.5. The molecule has 1 aliphatic carbocycles. The Morgan fingerprint density at radius 3 is 2.84 bits per heavy atom. The van der Waals surface area contributed by atoms with Gasteiger partial charge in [-0.25, -0.2) is 4.79 Å². The number of hydrogen-bond acceptors (Lipinski definition) is 4. The summed E-state index contributed by atoms with van der Waals surface area (Å²) < 4.78 is 10.3. The summed E-state index contributed by atoms with van der Waals surface area (Å²) in [6, 6.07) is -0.164. The normalized spacial score (nSPS) is 20.5. The van der Waals surface area contributed by atoms with E-state index in [1.165, 1.54) is 0 Å². The molecule has 0 spiro atoms. The van der Waals surface area contributed by atoms with Gasteiger partial charge < -0.3 is 20.5 Å². The number of hydrogen-bond donors (Lipinski definition) is 2. The van der Waals surface area contributed by atoms with Crippen molar-refractivity contribution in [2.75, 3.05) is 13.7 Å². The third-order valence-corrected chi connectivity index (χ3v) is 2.74. The van der Waals surface area contributed by atoms with Gasteiger partial charge in [0.2, 0.25) is 0 Å². The topological polar surface area (TPSA) is 73.6 Å². The molecule has 19 heavy (non-hydrogen) atoms. The summed E-state index contributed by atoms with van der Waals surface area (Å²) in [6.45, 7) is 5.85. The summed E-state index contributed by atoms with van der Waals surface area (Å²) in [6.07, 6.45) is 6.34. The fourth-order valence-corrected chi connectivity index (χ4v) is 1.78. The lowest BCUT2D eigenvalue weighted by molar-refractivity contribution is 0.0522. The third kappa shape index (κ3) is 5.79. The van der Waals surface area contributed by atoms with Crippen molar-refractivity contribution in [1.29, 1.82) is 0 Å². The summed E-state index contributed by atoms with van der Waals surface area (Å²) in [5.74, 6) is 0.971. The number of alkyl carbamates (subject to hydrolysis) is 1. The molecule has 0 bridgehead atoms. The maximum Gasteiger partial charge on any atom is 0.407 e. The van der Waals surface area contributed by atoms with Crippen molar-refractivity contribution in [2.24, 2.45) is 11.7 Å². The highest BCUT2D eigenvalue weighted by molar-refractivity contribution is 5.67. The van der Waals surface area contributed by atoms with Gasteiger partial charge in [-0.2, -0.15) is 0 Å². The van der Waals surface area contributed by atoms with Crippen molar-refractivity contribution in [3.63, 3.8) is 0 Å². The molecule has 0 fully saturated rings. The van der Waals surface area contributed by atoms with Gasteiger partial charge in [0.25, 0.3) is 0 Å². The lowest BCUT2D eigenvalue weighted by Gasteiger charge is -2.24. The van der Waals surface area contributed by atoms with Gasteiger partial charge in [-0.05, 0) is 39.3 Å². The van der Waals surface area contributed by atoms with E-state index in [1.807, 2.05) is 39.0 Å². The Balaban J connectivity index is 2.40. The highest BCUT2D eigenvalue weighted by Gasteiger charge is 2.20. The van der Waals surface area contributed by atoms with Gasteiger partial charge in [0.1, 0.15) is 11.4 Å². The Labute approximate surface area is 114 Å². The molecular weight excluding hydrogens is 244 g/mol. The second-order valence-electron chi connectivity index (χ2n) is 5.62. The van der Waals surface area contributed by atoms with Gasteiger partial charge in [-0.15, -0.1) is 0 Å². The van der Waals surface area contributed by atoms with Gasteiger partial charge in [0.15, 0.2) is 0 Å². The molecule has 0 aliphatic heterocycles. The van der Waals surface area contributed by atoms with Crippen LogP contribution in [0.2, 0.25) is 0 Å². The van der Waals surface area contributed by atoms with Crippen LogP contribution in [0.4, 0.5) is 4.79 Å². The van der Waals surface area contributed by atoms with E-state index in [9.17, 15) is 4.79 Å². The number of amides is 1. The fourth-order valence-electron chi connectivity index (χ4n) is 1.78. The summed E-state index contributed by atoms with van der Waals surface area (Å²) in [7, 11) is 1.63. The standard InChI is InChI=1S/C14H24N2O3/c1-14(2,3)19-13(17)16-9-12(15)10-6-5-7-11(8-10)18-4/h5,7-8,10,12H,6,9,15H2,1-4H3,(H,16,17). The maximum absolute atomic E-state index is 11.5. The van der Waals surface area contributed by atoms with E-state index in [-0.39, 0.29) is 12.0 Å². The molecule has 1 aliphatic rings. The molecule has 2 unspecified atom stereocenters. The van der Waals surface area contributed by atoms with Crippen LogP contribution < -0.4 is 11.1 Å². The largest absolute Gasteiger partial charge is 0.497 e. The molecule has 0 saturated heterocycles. The van der Waals surface area contributed by atoms with Crippen LogP contribution in [0, 0.1) is 5.92 Å². The SMILES string of the molecule is COC1=CC(C(N)CNC(=O)OC(C)(C)C)CC=C1. The molecule has 0 aromatic heterocycles. The number of nitrogens with one attached hydrogen (secondary N) is 1. The summed E-state index contributed by atoms with van der Waals surface area (Å²) in [5.41, 5.74) is 5.58. The smallest absolute Gasteiger partial charge is 0.407 e. The average Bonchev–Trinajstić information content (AvgIpc) is 2.34. The molecular formula is C14H24N2O3. The molecule has 0 saturated carbocycles. The molecule has 1 amide bonds. The summed E-state index contributed by atoms with van der Waals surface area (Å²) >= 11 is 0. The first kappa shape index (κ1) is 15.6. The van der Waals surface area contributed by atoms with Crippen molar-refractivity contribution >= 4 is 6.09 Å². The number of carbonyl (C=O) groups excluding carboxylic acids is 1. The van der Waals surface area contributed by atoms with Crippen LogP contribution >= 0.6 is 0 Å². The number of carbonyl (C=O) groups is 1. The molecule has 5 nitrogen and oxygen atoms in total. The molecule has 2 atom stereocenters. The zero-order valence-corrected chi connectivity index (χ0v) is 12.1. The average molecular weight is 268 g/mol. The fraction of sp³-hybridized carbons (Fsp3) is 0.643. The Kier molecular flexibility index (Phi) is 5.42. The van der Waals surface area contributed by atoms with E-state index in [2.05, 4.69) is 5.32 Å². The first-order valence-electron chi connectivity index (χ1n) is 6.46. The lowest BCUT2D eigenvalue weighted by Crippen LogP contribution is -2.43. The zero-order chi connectivity index (χ0) is 14.5. The van der Waals surface area contributed by atoms with Crippen LogP contribution in [-0.2, 0) is 9.47 Å². The molecule has 0 heterocycles. The molecule has 0 aromatic carbocycles. The minimum atomic E-state index is -0.495. The first-order valence-corrected chi connectivity index (χ1v) is 6.46. The van der Waals surface area contributed by atoms with E-state index in [0.29, 0.717) is 6.54 Å². The van der Waals surface area contributed by atoms with E-state index in [0.717, 1.165) is 12.2 Å². The second kappa shape index (κ2) is 6.61. The first-order chi connectivity index (χ1) is 8.81.